The van der Waals surface area contributed by atoms with Gasteiger partial charge in [0.25, 0.3) is 0 Å². The predicted molar refractivity (Wildman–Crippen MR) is 93.6 cm³/mol. The number of rotatable bonds is 5. The molecular formula is C19H23N3O. The van der Waals surface area contributed by atoms with Gasteiger partial charge in [-0.25, -0.2) is 4.98 Å². The van der Waals surface area contributed by atoms with Crippen molar-refractivity contribution in [2.75, 3.05) is 0 Å². The molecule has 4 nitrogen and oxygen atoms in total. The van der Waals surface area contributed by atoms with Crippen molar-refractivity contribution in [3.8, 4) is 5.75 Å². The van der Waals surface area contributed by atoms with Gasteiger partial charge in [0.2, 0.25) is 0 Å². The summed E-state index contributed by atoms with van der Waals surface area (Å²) in [6.07, 6.45) is 0.879. The van der Waals surface area contributed by atoms with Crippen LogP contribution in [0.4, 0.5) is 0 Å². The summed E-state index contributed by atoms with van der Waals surface area (Å²) in [6, 6.07) is 14.6. The maximum atomic E-state index is 5.88. The fraction of sp³-hybridized carbons (Fsp3) is 0.316. The van der Waals surface area contributed by atoms with E-state index >= 15 is 0 Å². The fourth-order valence-corrected chi connectivity index (χ4v) is 2.72. The zero-order valence-corrected chi connectivity index (χ0v) is 13.9. The number of hydrogen-bond donors (Lipinski definition) is 1. The standard InChI is InChI=1S/C19H23N3O/c1-13-4-9-17-18(10-13)22(3)19(21-17)12-23-16-7-5-15(6-8-16)11-14(2)20/h4-10,14H,11-12,20H2,1-3H3. The predicted octanol–water partition coefficient (Wildman–Crippen LogP) is 3.35. The second kappa shape index (κ2) is 6.42. The third-order valence-electron chi connectivity index (χ3n) is 3.98. The average molecular weight is 309 g/mol. The zero-order valence-electron chi connectivity index (χ0n) is 13.9. The van der Waals surface area contributed by atoms with Gasteiger partial charge in [0, 0.05) is 13.1 Å². The third kappa shape index (κ3) is 3.54. The van der Waals surface area contributed by atoms with E-state index < -0.39 is 0 Å². The van der Waals surface area contributed by atoms with E-state index in [0.29, 0.717) is 6.61 Å². The minimum absolute atomic E-state index is 0.172. The van der Waals surface area contributed by atoms with Crippen LogP contribution in [0.5, 0.6) is 5.75 Å². The maximum Gasteiger partial charge on any atom is 0.147 e. The smallest absolute Gasteiger partial charge is 0.147 e. The molecule has 1 heterocycles. The molecule has 0 aliphatic heterocycles. The van der Waals surface area contributed by atoms with Crippen LogP contribution < -0.4 is 10.5 Å². The molecule has 23 heavy (non-hydrogen) atoms. The lowest BCUT2D eigenvalue weighted by Crippen LogP contribution is -2.17. The Balaban J connectivity index is 1.72. The first-order valence-electron chi connectivity index (χ1n) is 7.92. The second-order valence-corrected chi connectivity index (χ2v) is 6.19. The maximum absolute atomic E-state index is 5.88. The molecule has 4 heteroatoms. The van der Waals surface area contributed by atoms with Crippen LogP contribution in [0.15, 0.2) is 42.5 Å². The monoisotopic (exact) mass is 309 g/mol. The molecule has 2 N–H and O–H groups in total. The van der Waals surface area contributed by atoms with E-state index in [1.54, 1.807) is 0 Å². The molecule has 0 radical (unpaired) electrons. The van der Waals surface area contributed by atoms with E-state index in [1.807, 2.05) is 26.1 Å². The molecule has 0 saturated carbocycles. The third-order valence-corrected chi connectivity index (χ3v) is 3.98. The van der Waals surface area contributed by atoms with Crippen LogP contribution >= 0.6 is 0 Å². The van der Waals surface area contributed by atoms with Crippen molar-refractivity contribution in [3.05, 3.63) is 59.4 Å². The number of fused-ring (bicyclic) bond motifs is 1. The van der Waals surface area contributed by atoms with Crippen molar-refractivity contribution < 1.29 is 4.74 Å². The zero-order chi connectivity index (χ0) is 16.4. The quantitative estimate of drug-likeness (QED) is 0.786. The first kappa shape index (κ1) is 15.6. The number of benzene rings is 2. The summed E-state index contributed by atoms with van der Waals surface area (Å²) in [5, 5.41) is 0. The summed E-state index contributed by atoms with van der Waals surface area (Å²) >= 11 is 0. The van der Waals surface area contributed by atoms with Crippen molar-refractivity contribution in [1.29, 1.82) is 0 Å². The van der Waals surface area contributed by atoms with Crippen molar-refractivity contribution >= 4 is 11.0 Å². The summed E-state index contributed by atoms with van der Waals surface area (Å²) in [5.41, 5.74) is 10.4. The molecule has 3 aromatic rings. The highest BCUT2D eigenvalue weighted by molar-refractivity contribution is 5.76. The van der Waals surface area contributed by atoms with Gasteiger partial charge >= 0.3 is 0 Å². The van der Waals surface area contributed by atoms with Crippen LogP contribution in [-0.4, -0.2) is 15.6 Å². The number of nitrogens with zero attached hydrogens (tertiary/aromatic N) is 2. The molecular weight excluding hydrogens is 286 g/mol. The topological polar surface area (TPSA) is 53.1 Å². The Bertz CT molecular complexity index is 803. The first-order chi connectivity index (χ1) is 11.0. The first-order valence-corrected chi connectivity index (χ1v) is 7.92. The van der Waals surface area contributed by atoms with E-state index in [2.05, 4.69) is 46.8 Å². The van der Waals surface area contributed by atoms with E-state index in [0.717, 1.165) is 29.0 Å². The number of imidazole rings is 1. The Morgan fingerprint density at radius 2 is 1.91 bits per heavy atom. The number of aryl methyl sites for hydroxylation is 2. The summed E-state index contributed by atoms with van der Waals surface area (Å²) in [5.74, 6) is 1.77. The largest absolute Gasteiger partial charge is 0.486 e. The number of hydrogen-bond acceptors (Lipinski definition) is 3. The van der Waals surface area contributed by atoms with Crippen LogP contribution in [0.2, 0.25) is 0 Å². The Morgan fingerprint density at radius 1 is 1.17 bits per heavy atom. The lowest BCUT2D eigenvalue weighted by molar-refractivity contribution is 0.292. The van der Waals surface area contributed by atoms with Gasteiger partial charge in [-0.1, -0.05) is 18.2 Å². The molecule has 0 fully saturated rings. The van der Waals surface area contributed by atoms with Crippen LogP contribution in [0.3, 0.4) is 0 Å². The molecule has 1 unspecified atom stereocenters. The van der Waals surface area contributed by atoms with Crippen LogP contribution in [0, 0.1) is 6.92 Å². The lowest BCUT2D eigenvalue weighted by Gasteiger charge is -2.08. The molecule has 3 rings (SSSR count). The minimum atomic E-state index is 0.172. The molecule has 0 bridgehead atoms. The van der Waals surface area contributed by atoms with Crippen LogP contribution in [0.25, 0.3) is 11.0 Å². The second-order valence-electron chi connectivity index (χ2n) is 6.19. The van der Waals surface area contributed by atoms with Gasteiger partial charge in [-0.05, 0) is 55.7 Å². The highest BCUT2D eigenvalue weighted by Crippen LogP contribution is 2.19. The molecule has 0 aliphatic rings. The number of nitrogens with two attached hydrogens (primary N) is 1. The summed E-state index contributed by atoms with van der Waals surface area (Å²) in [6.45, 7) is 4.56. The Morgan fingerprint density at radius 3 is 2.61 bits per heavy atom. The van der Waals surface area contributed by atoms with Crippen molar-refractivity contribution in [1.82, 2.24) is 9.55 Å². The highest BCUT2D eigenvalue weighted by Gasteiger charge is 2.08. The summed E-state index contributed by atoms with van der Waals surface area (Å²) in [7, 11) is 2.03. The van der Waals surface area contributed by atoms with E-state index in [1.165, 1.54) is 11.1 Å². The molecule has 0 amide bonds. The van der Waals surface area contributed by atoms with Crippen LogP contribution in [0.1, 0.15) is 23.9 Å². The fourth-order valence-electron chi connectivity index (χ4n) is 2.72. The minimum Gasteiger partial charge on any atom is -0.486 e. The van der Waals surface area contributed by atoms with Crippen molar-refractivity contribution in [2.45, 2.75) is 32.9 Å². The number of ether oxygens (including phenoxy) is 1. The molecule has 1 aromatic heterocycles. The van der Waals surface area contributed by atoms with Gasteiger partial charge in [0.15, 0.2) is 0 Å². The normalized spacial score (nSPS) is 12.5. The van der Waals surface area contributed by atoms with E-state index in [4.69, 9.17) is 10.5 Å². The van der Waals surface area contributed by atoms with Gasteiger partial charge in [-0.2, -0.15) is 0 Å². The summed E-state index contributed by atoms with van der Waals surface area (Å²) < 4.78 is 7.97. The summed E-state index contributed by atoms with van der Waals surface area (Å²) in [4.78, 5) is 4.65. The van der Waals surface area contributed by atoms with Crippen molar-refractivity contribution in [3.63, 3.8) is 0 Å². The van der Waals surface area contributed by atoms with Gasteiger partial charge in [0.05, 0.1) is 11.0 Å². The van der Waals surface area contributed by atoms with Gasteiger partial charge in [-0.3, -0.25) is 0 Å². The Hall–Kier alpha value is -2.33. The molecule has 0 saturated heterocycles. The van der Waals surface area contributed by atoms with Crippen LogP contribution in [-0.2, 0) is 20.1 Å². The van der Waals surface area contributed by atoms with Gasteiger partial charge in [0.1, 0.15) is 18.2 Å². The molecule has 2 aromatic carbocycles. The Labute approximate surface area is 136 Å². The van der Waals surface area contributed by atoms with Gasteiger partial charge in [-0.15, -0.1) is 0 Å². The average Bonchev–Trinajstić information content (AvgIpc) is 2.82. The molecule has 1 atom stereocenters. The highest BCUT2D eigenvalue weighted by atomic mass is 16.5. The molecule has 0 spiro atoms. The van der Waals surface area contributed by atoms with E-state index in [-0.39, 0.29) is 6.04 Å². The number of aromatic nitrogens is 2. The van der Waals surface area contributed by atoms with E-state index in [9.17, 15) is 0 Å². The van der Waals surface area contributed by atoms with Gasteiger partial charge < -0.3 is 15.0 Å². The lowest BCUT2D eigenvalue weighted by atomic mass is 10.1. The Kier molecular flexibility index (Phi) is 4.35. The molecule has 120 valence electrons. The van der Waals surface area contributed by atoms with Crippen molar-refractivity contribution in [2.24, 2.45) is 12.8 Å². The molecule has 0 aliphatic carbocycles. The SMILES string of the molecule is Cc1ccc2nc(COc3ccc(CC(C)N)cc3)n(C)c2c1.